The number of aliphatic carboxylic acids is 1. The summed E-state index contributed by atoms with van der Waals surface area (Å²) in [5.41, 5.74) is 0. The van der Waals surface area contributed by atoms with Crippen LogP contribution < -0.4 is 0 Å². The van der Waals surface area contributed by atoms with Gasteiger partial charge in [-0.1, -0.05) is 12.0 Å². The quantitative estimate of drug-likeness (QED) is 0.571. The minimum Gasteiger partial charge on any atom is -0.481 e. The van der Waals surface area contributed by atoms with Gasteiger partial charge in [0.05, 0.1) is 0 Å². The molecule has 0 saturated heterocycles. The third-order valence-electron chi connectivity index (χ3n) is 0.739. The highest BCUT2D eigenvalue weighted by molar-refractivity contribution is 5.66. The molecular formula is C7H8O2. The molecule has 0 rings (SSSR count). The van der Waals surface area contributed by atoms with Gasteiger partial charge in [-0.05, 0) is 12.5 Å². The van der Waals surface area contributed by atoms with Crippen molar-refractivity contribution in [3.63, 3.8) is 0 Å². The second kappa shape index (κ2) is 4.92. The van der Waals surface area contributed by atoms with Crippen molar-refractivity contribution in [2.24, 2.45) is 0 Å². The molecule has 0 saturated carbocycles. The third kappa shape index (κ3) is 6.77. The zero-order valence-corrected chi connectivity index (χ0v) is 5.00. The summed E-state index contributed by atoms with van der Waals surface area (Å²) in [5, 5.41) is 8.13. The van der Waals surface area contributed by atoms with Crippen LogP contribution in [0.1, 0.15) is 12.8 Å². The summed E-state index contributed by atoms with van der Waals surface area (Å²) >= 11 is 0. The van der Waals surface area contributed by atoms with E-state index >= 15 is 0 Å². The predicted molar refractivity (Wildman–Crippen MR) is 34.8 cm³/mol. The summed E-state index contributed by atoms with van der Waals surface area (Å²) in [6.45, 7) is 0. The Bertz CT molecular complexity index is 151. The zero-order chi connectivity index (χ0) is 7.11. The fourth-order valence-corrected chi connectivity index (χ4v) is 0.358. The van der Waals surface area contributed by atoms with Crippen molar-refractivity contribution in [3.8, 4) is 12.3 Å². The highest BCUT2D eigenvalue weighted by atomic mass is 16.4. The zero-order valence-electron chi connectivity index (χ0n) is 5.00. The Labute approximate surface area is 54.2 Å². The van der Waals surface area contributed by atoms with Crippen molar-refractivity contribution < 1.29 is 9.90 Å². The van der Waals surface area contributed by atoms with E-state index in [-0.39, 0.29) is 6.42 Å². The predicted octanol–water partition coefficient (Wildman–Crippen LogP) is 1.04. The molecule has 0 aromatic carbocycles. The number of allylic oxidation sites excluding steroid dienone is 2. The highest BCUT2D eigenvalue weighted by Crippen LogP contribution is 1.88. The number of carboxylic acid groups (broad SMARTS) is 1. The van der Waals surface area contributed by atoms with Gasteiger partial charge in [0.2, 0.25) is 0 Å². The van der Waals surface area contributed by atoms with Gasteiger partial charge in [-0.2, -0.15) is 0 Å². The van der Waals surface area contributed by atoms with Gasteiger partial charge in [0, 0.05) is 6.42 Å². The van der Waals surface area contributed by atoms with Crippen LogP contribution in [0.15, 0.2) is 12.2 Å². The average Bonchev–Trinajstić information content (AvgIpc) is 1.80. The van der Waals surface area contributed by atoms with Gasteiger partial charge in [0.25, 0.3) is 0 Å². The van der Waals surface area contributed by atoms with Crippen molar-refractivity contribution in [3.05, 3.63) is 12.2 Å². The van der Waals surface area contributed by atoms with Gasteiger partial charge in [-0.3, -0.25) is 4.79 Å². The molecule has 2 nitrogen and oxygen atoms in total. The Balaban J connectivity index is 3.22. The molecule has 0 fully saturated rings. The van der Waals surface area contributed by atoms with Crippen molar-refractivity contribution in [1.29, 1.82) is 0 Å². The normalized spacial score (nSPS) is 9.22. The first-order valence-electron chi connectivity index (χ1n) is 2.60. The second-order valence-electron chi connectivity index (χ2n) is 1.50. The summed E-state index contributed by atoms with van der Waals surface area (Å²) < 4.78 is 0. The van der Waals surface area contributed by atoms with Gasteiger partial charge in [-0.15, -0.1) is 6.42 Å². The largest absolute Gasteiger partial charge is 0.481 e. The van der Waals surface area contributed by atoms with Crippen LogP contribution in [0.25, 0.3) is 0 Å². The van der Waals surface area contributed by atoms with Crippen LogP contribution in [0.2, 0.25) is 0 Å². The van der Waals surface area contributed by atoms with E-state index in [0.29, 0.717) is 6.42 Å². The number of terminal acetylenes is 1. The molecule has 2 heteroatoms. The van der Waals surface area contributed by atoms with Gasteiger partial charge >= 0.3 is 5.97 Å². The average molecular weight is 124 g/mol. The molecule has 0 aliphatic heterocycles. The number of hydrogen-bond acceptors (Lipinski definition) is 1. The number of rotatable bonds is 3. The molecule has 0 radical (unpaired) electrons. The molecule has 0 aromatic rings. The standard InChI is InChI=1S/C7H8O2/c1-2-3-4-5-6-7(8)9/h1,3-4H,5-6H2,(H,8,9)/b4-3+. The molecule has 9 heavy (non-hydrogen) atoms. The second-order valence-corrected chi connectivity index (χ2v) is 1.50. The summed E-state index contributed by atoms with van der Waals surface area (Å²) in [7, 11) is 0. The van der Waals surface area contributed by atoms with E-state index in [1.54, 1.807) is 6.08 Å². The van der Waals surface area contributed by atoms with Crippen molar-refractivity contribution in [1.82, 2.24) is 0 Å². The molecule has 0 unspecified atom stereocenters. The lowest BCUT2D eigenvalue weighted by molar-refractivity contribution is -0.136. The van der Waals surface area contributed by atoms with Gasteiger partial charge in [0.15, 0.2) is 0 Å². The Kier molecular flexibility index (Phi) is 4.25. The van der Waals surface area contributed by atoms with E-state index in [1.165, 1.54) is 6.08 Å². The molecule has 0 atom stereocenters. The maximum Gasteiger partial charge on any atom is 0.303 e. The lowest BCUT2D eigenvalue weighted by Gasteiger charge is -1.83. The summed E-state index contributed by atoms with van der Waals surface area (Å²) in [6, 6.07) is 0. The van der Waals surface area contributed by atoms with Crippen LogP contribution in [-0.2, 0) is 4.79 Å². The van der Waals surface area contributed by atoms with E-state index in [9.17, 15) is 4.79 Å². The molecule has 0 aliphatic carbocycles. The monoisotopic (exact) mass is 124 g/mol. The first kappa shape index (κ1) is 7.77. The lowest BCUT2D eigenvalue weighted by Crippen LogP contribution is -1.91. The summed E-state index contributed by atoms with van der Waals surface area (Å²) in [4.78, 5) is 9.88. The lowest BCUT2D eigenvalue weighted by atomic mass is 10.3. The van der Waals surface area contributed by atoms with Gasteiger partial charge in [-0.25, -0.2) is 0 Å². The van der Waals surface area contributed by atoms with E-state index in [4.69, 9.17) is 11.5 Å². The molecule has 48 valence electrons. The van der Waals surface area contributed by atoms with Crippen LogP contribution >= 0.6 is 0 Å². The van der Waals surface area contributed by atoms with Crippen LogP contribution in [0.4, 0.5) is 0 Å². The molecule has 0 bridgehead atoms. The van der Waals surface area contributed by atoms with Crippen LogP contribution in [0.3, 0.4) is 0 Å². The van der Waals surface area contributed by atoms with Crippen LogP contribution in [0, 0.1) is 12.3 Å². The van der Waals surface area contributed by atoms with Crippen LogP contribution in [0.5, 0.6) is 0 Å². The van der Waals surface area contributed by atoms with E-state index in [2.05, 4.69) is 5.92 Å². The Morgan fingerprint density at radius 3 is 2.89 bits per heavy atom. The number of hydrogen-bond donors (Lipinski definition) is 1. The maximum atomic E-state index is 9.88. The molecule has 0 spiro atoms. The van der Waals surface area contributed by atoms with Gasteiger partial charge in [0.1, 0.15) is 0 Å². The summed E-state index contributed by atoms with van der Waals surface area (Å²) in [6.07, 6.45) is 8.69. The minimum absolute atomic E-state index is 0.151. The van der Waals surface area contributed by atoms with E-state index < -0.39 is 5.97 Å². The molecule has 0 heterocycles. The topological polar surface area (TPSA) is 37.3 Å². The first-order valence-corrected chi connectivity index (χ1v) is 2.60. The fourth-order valence-electron chi connectivity index (χ4n) is 0.358. The van der Waals surface area contributed by atoms with Crippen molar-refractivity contribution in [2.45, 2.75) is 12.8 Å². The smallest absolute Gasteiger partial charge is 0.303 e. The Hall–Kier alpha value is -1.23. The molecule has 0 aromatic heterocycles. The summed E-state index contributed by atoms with van der Waals surface area (Å²) in [5.74, 6) is 1.47. The maximum absolute atomic E-state index is 9.88. The first-order chi connectivity index (χ1) is 4.27. The molecule has 0 amide bonds. The third-order valence-corrected chi connectivity index (χ3v) is 0.739. The van der Waals surface area contributed by atoms with Crippen molar-refractivity contribution >= 4 is 5.97 Å². The SMILES string of the molecule is C#C/C=C/CCC(=O)O. The Morgan fingerprint density at radius 1 is 1.78 bits per heavy atom. The molecule has 0 aliphatic rings. The Morgan fingerprint density at radius 2 is 2.44 bits per heavy atom. The van der Waals surface area contributed by atoms with Gasteiger partial charge < -0.3 is 5.11 Å². The van der Waals surface area contributed by atoms with E-state index in [1.807, 2.05) is 0 Å². The highest BCUT2D eigenvalue weighted by Gasteiger charge is 1.90. The minimum atomic E-state index is -0.795. The molecular weight excluding hydrogens is 116 g/mol. The molecule has 1 N–H and O–H groups in total. The fraction of sp³-hybridized carbons (Fsp3) is 0.286. The number of carbonyl (C=O) groups is 1. The van der Waals surface area contributed by atoms with Crippen LogP contribution in [-0.4, -0.2) is 11.1 Å². The van der Waals surface area contributed by atoms with Crippen molar-refractivity contribution in [2.75, 3.05) is 0 Å². The van der Waals surface area contributed by atoms with E-state index in [0.717, 1.165) is 0 Å². The number of carboxylic acids is 1.